The van der Waals surface area contributed by atoms with Crippen molar-refractivity contribution in [1.29, 1.82) is 0 Å². The monoisotopic (exact) mass is 555 g/mol. The van der Waals surface area contributed by atoms with Crippen molar-refractivity contribution in [3.63, 3.8) is 0 Å². The molecule has 1 N–H and O–H groups in total. The van der Waals surface area contributed by atoms with Gasteiger partial charge in [0.15, 0.2) is 0 Å². The lowest BCUT2D eigenvalue weighted by Crippen LogP contribution is -2.49. The Kier molecular flexibility index (Phi) is 11.1. The number of carbonyl (C=O) groups excluding carboxylic acids is 2. The van der Waals surface area contributed by atoms with E-state index in [9.17, 15) is 18.0 Å². The molecule has 0 fully saturated rings. The molecule has 0 bridgehead atoms. The minimum absolute atomic E-state index is 0.0775. The summed E-state index contributed by atoms with van der Waals surface area (Å²) in [7, 11) is -3.56. The molecule has 0 heterocycles. The number of nitrogens with one attached hydrogen (secondary N) is 1. The largest absolute Gasteiger partial charge is 0.355 e. The van der Waals surface area contributed by atoms with Gasteiger partial charge in [-0.25, -0.2) is 8.42 Å². The second-order valence-electron chi connectivity index (χ2n) is 8.82. The van der Waals surface area contributed by atoms with Crippen LogP contribution in [0.3, 0.4) is 0 Å². The van der Waals surface area contributed by atoms with Crippen LogP contribution in [0.2, 0.25) is 10.0 Å². The van der Waals surface area contributed by atoms with Crippen molar-refractivity contribution in [3.05, 3.63) is 63.1 Å². The van der Waals surface area contributed by atoms with Crippen molar-refractivity contribution >= 4 is 50.7 Å². The van der Waals surface area contributed by atoms with E-state index in [1.807, 2.05) is 45.9 Å². The van der Waals surface area contributed by atoms with Crippen LogP contribution in [0.1, 0.15) is 49.8 Å². The molecule has 2 amide bonds. The normalized spacial score (nSPS) is 12.2. The molecular weight excluding hydrogens is 521 g/mol. The lowest BCUT2D eigenvalue weighted by molar-refractivity contribution is -0.141. The molecule has 0 unspecified atom stereocenters. The number of amides is 2. The first kappa shape index (κ1) is 29.9. The van der Waals surface area contributed by atoms with E-state index in [1.165, 1.54) is 9.21 Å². The van der Waals surface area contributed by atoms with Gasteiger partial charge in [-0.2, -0.15) is 0 Å². The van der Waals surface area contributed by atoms with Crippen LogP contribution < -0.4 is 9.62 Å². The molecule has 0 aliphatic heterocycles. The number of benzene rings is 2. The number of sulfonamides is 1. The highest BCUT2D eigenvalue weighted by Crippen LogP contribution is 2.26. The molecule has 1 atom stereocenters. The molecular formula is C26H35Cl2N3O4S. The molecule has 2 aromatic rings. The average Bonchev–Trinajstić information content (AvgIpc) is 2.80. The molecule has 0 aliphatic carbocycles. The molecule has 0 spiro atoms. The number of hydrogen-bond donors (Lipinski definition) is 1. The molecule has 198 valence electrons. The summed E-state index contributed by atoms with van der Waals surface area (Å²) < 4.78 is 26.5. The molecule has 0 saturated heterocycles. The molecule has 0 aromatic heterocycles. The predicted molar refractivity (Wildman–Crippen MR) is 147 cm³/mol. The Morgan fingerprint density at radius 3 is 2.31 bits per heavy atom. The van der Waals surface area contributed by atoms with E-state index in [0.717, 1.165) is 22.9 Å². The van der Waals surface area contributed by atoms with Gasteiger partial charge in [-0.05, 0) is 68.5 Å². The van der Waals surface area contributed by atoms with Crippen molar-refractivity contribution in [2.45, 2.75) is 59.5 Å². The van der Waals surface area contributed by atoms with E-state index in [1.54, 1.807) is 18.2 Å². The summed E-state index contributed by atoms with van der Waals surface area (Å²) in [6.45, 7) is 8.20. The summed E-state index contributed by atoms with van der Waals surface area (Å²) in [6.07, 6.45) is 1.96. The van der Waals surface area contributed by atoms with Crippen molar-refractivity contribution in [1.82, 2.24) is 10.2 Å². The third-order valence-corrected chi connectivity index (χ3v) is 7.78. The summed E-state index contributed by atoms with van der Waals surface area (Å²) in [4.78, 5) is 27.7. The Balaban J connectivity index is 2.26. The number of hydrogen-bond acceptors (Lipinski definition) is 4. The zero-order chi connectivity index (χ0) is 27.0. The first-order valence-corrected chi connectivity index (χ1v) is 14.6. The molecule has 0 radical (unpaired) electrons. The number of likely N-dealkylation sites (N-methyl/N-ethyl adjacent to an activating group) is 1. The molecule has 36 heavy (non-hydrogen) atoms. The summed E-state index contributed by atoms with van der Waals surface area (Å²) >= 11 is 12.2. The summed E-state index contributed by atoms with van der Waals surface area (Å²) in [5.41, 5.74) is 3.13. The van der Waals surface area contributed by atoms with Gasteiger partial charge in [0.1, 0.15) is 6.04 Å². The van der Waals surface area contributed by atoms with Gasteiger partial charge in [0.25, 0.3) is 0 Å². The predicted octanol–water partition coefficient (Wildman–Crippen LogP) is 5.10. The van der Waals surface area contributed by atoms with E-state index < -0.39 is 16.1 Å². The number of carbonyl (C=O) groups is 2. The number of rotatable bonds is 12. The second kappa shape index (κ2) is 13.3. The molecule has 0 aliphatic rings. The first-order chi connectivity index (χ1) is 16.9. The fraction of sp³-hybridized carbons (Fsp3) is 0.462. The maximum absolute atomic E-state index is 13.4. The van der Waals surface area contributed by atoms with Crippen molar-refractivity contribution in [3.8, 4) is 0 Å². The van der Waals surface area contributed by atoms with Crippen LogP contribution in [0, 0.1) is 13.8 Å². The van der Waals surface area contributed by atoms with Gasteiger partial charge < -0.3 is 10.2 Å². The van der Waals surface area contributed by atoms with Crippen LogP contribution in [0.25, 0.3) is 0 Å². The fourth-order valence-electron chi connectivity index (χ4n) is 4.02. The van der Waals surface area contributed by atoms with Gasteiger partial charge in [0.05, 0.1) is 22.0 Å². The fourth-order valence-corrected chi connectivity index (χ4v) is 5.35. The van der Waals surface area contributed by atoms with Gasteiger partial charge >= 0.3 is 0 Å². The van der Waals surface area contributed by atoms with Gasteiger partial charge in [-0.15, -0.1) is 0 Å². The highest BCUT2D eigenvalue weighted by atomic mass is 35.5. The minimum atomic E-state index is -3.56. The number of halogens is 2. The Morgan fingerprint density at radius 2 is 1.72 bits per heavy atom. The lowest BCUT2D eigenvalue weighted by Gasteiger charge is -2.31. The summed E-state index contributed by atoms with van der Waals surface area (Å²) in [5.74, 6) is -0.477. The second-order valence-corrected chi connectivity index (χ2v) is 11.5. The Bertz CT molecular complexity index is 1190. The zero-order valence-electron chi connectivity index (χ0n) is 21.5. The topological polar surface area (TPSA) is 86.8 Å². The number of nitrogens with zero attached hydrogens (tertiary/aromatic N) is 2. The minimum Gasteiger partial charge on any atom is -0.355 e. The van der Waals surface area contributed by atoms with Crippen LogP contribution in [0.4, 0.5) is 5.69 Å². The lowest BCUT2D eigenvalue weighted by atomic mass is 10.1. The SMILES string of the molecule is CCNC(=O)[C@H](CC)N(Cc1ccc(Cl)c(Cl)c1)C(=O)CCCN(c1cc(C)ccc1C)S(C)(=O)=O. The third kappa shape index (κ3) is 8.11. The van der Waals surface area contributed by atoms with Crippen LogP contribution >= 0.6 is 23.2 Å². The Morgan fingerprint density at radius 1 is 1.03 bits per heavy atom. The first-order valence-electron chi connectivity index (χ1n) is 11.9. The van der Waals surface area contributed by atoms with E-state index in [-0.39, 0.29) is 31.3 Å². The number of aryl methyl sites for hydroxylation is 2. The quantitative estimate of drug-likeness (QED) is 0.394. The van der Waals surface area contributed by atoms with Gasteiger partial charge in [0.2, 0.25) is 21.8 Å². The molecule has 2 rings (SSSR count). The smallest absolute Gasteiger partial charge is 0.242 e. The van der Waals surface area contributed by atoms with E-state index in [2.05, 4.69) is 5.32 Å². The highest BCUT2D eigenvalue weighted by molar-refractivity contribution is 7.92. The van der Waals surface area contributed by atoms with Crippen LogP contribution in [-0.2, 0) is 26.2 Å². The van der Waals surface area contributed by atoms with E-state index in [4.69, 9.17) is 23.2 Å². The molecule has 10 heteroatoms. The zero-order valence-corrected chi connectivity index (χ0v) is 23.8. The van der Waals surface area contributed by atoms with Crippen LogP contribution in [0.5, 0.6) is 0 Å². The maximum Gasteiger partial charge on any atom is 0.242 e. The molecule has 7 nitrogen and oxygen atoms in total. The van der Waals surface area contributed by atoms with Crippen molar-refractivity contribution < 1.29 is 18.0 Å². The van der Waals surface area contributed by atoms with Gasteiger partial charge in [-0.1, -0.05) is 48.3 Å². The van der Waals surface area contributed by atoms with Crippen molar-refractivity contribution in [2.24, 2.45) is 0 Å². The molecule has 0 saturated carbocycles. The highest BCUT2D eigenvalue weighted by Gasteiger charge is 2.29. The Labute approximate surface area is 224 Å². The Hall–Kier alpha value is -2.29. The van der Waals surface area contributed by atoms with Crippen molar-refractivity contribution in [2.75, 3.05) is 23.7 Å². The molecule has 2 aromatic carbocycles. The average molecular weight is 557 g/mol. The number of anilines is 1. The van der Waals surface area contributed by atoms with Gasteiger partial charge in [0, 0.05) is 26.1 Å². The maximum atomic E-state index is 13.4. The third-order valence-electron chi connectivity index (χ3n) is 5.86. The van der Waals surface area contributed by atoms with Crippen LogP contribution in [0.15, 0.2) is 36.4 Å². The summed E-state index contributed by atoms with van der Waals surface area (Å²) in [5, 5.41) is 3.57. The van der Waals surface area contributed by atoms with E-state index >= 15 is 0 Å². The summed E-state index contributed by atoms with van der Waals surface area (Å²) in [6, 6.07) is 10.1. The van der Waals surface area contributed by atoms with Crippen LogP contribution in [-0.4, -0.2) is 50.5 Å². The van der Waals surface area contributed by atoms with Gasteiger partial charge in [-0.3, -0.25) is 13.9 Å². The standard InChI is InChI=1S/C26H35Cl2N3O4S/c1-6-23(26(33)29-7-2)30(17-20-12-13-21(27)22(28)16-20)25(32)9-8-14-31(36(5,34)35)24-15-18(3)10-11-19(24)4/h10-13,15-16,23H,6-9,14,17H2,1-5H3,(H,29,33)/t23-/m0/s1. The van der Waals surface area contributed by atoms with E-state index in [0.29, 0.717) is 35.1 Å².